The lowest BCUT2D eigenvalue weighted by Crippen LogP contribution is -1.99. The summed E-state index contributed by atoms with van der Waals surface area (Å²) in [6.45, 7) is 4.05. The van der Waals surface area contributed by atoms with Gasteiger partial charge in [-0.05, 0) is 43.7 Å². The minimum atomic E-state index is 0.573. The normalized spacial score (nSPS) is 10.7. The van der Waals surface area contributed by atoms with Gasteiger partial charge in [0.05, 0.1) is 17.1 Å². The molecule has 5 heteroatoms. The molecule has 0 aliphatic rings. The summed E-state index contributed by atoms with van der Waals surface area (Å²) in [5, 5.41) is 7.91. The van der Waals surface area contributed by atoms with Gasteiger partial charge in [0, 0.05) is 23.6 Å². The molecule has 2 aromatic carbocycles. The van der Waals surface area contributed by atoms with Gasteiger partial charge >= 0.3 is 0 Å². The van der Waals surface area contributed by atoms with Crippen LogP contribution in [0.2, 0.25) is 0 Å². The third-order valence-electron chi connectivity index (χ3n) is 4.24. The molecule has 5 nitrogen and oxygen atoms in total. The van der Waals surface area contributed by atoms with E-state index in [1.165, 1.54) is 0 Å². The van der Waals surface area contributed by atoms with Crippen molar-refractivity contribution >= 4 is 11.6 Å². The van der Waals surface area contributed by atoms with Gasteiger partial charge in [-0.1, -0.05) is 36.4 Å². The Labute approximate surface area is 152 Å². The van der Waals surface area contributed by atoms with Gasteiger partial charge in [0.15, 0.2) is 0 Å². The van der Waals surface area contributed by atoms with E-state index in [2.05, 4.69) is 33.4 Å². The highest BCUT2D eigenvalue weighted by atomic mass is 15.3. The summed E-state index contributed by atoms with van der Waals surface area (Å²) in [4.78, 5) is 9.02. The number of aromatic nitrogens is 4. The van der Waals surface area contributed by atoms with E-state index in [1.807, 2.05) is 72.4 Å². The van der Waals surface area contributed by atoms with Crippen LogP contribution in [-0.2, 0) is 0 Å². The minimum Gasteiger partial charge on any atom is -0.324 e. The van der Waals surface area contributed by atoms with Crippen LogP contribution in [0.25, 0.3) is 16.9 Å². The lowest BCUT2D eigenvalue weighted by Gasteiger charge is -2.08. The number of hydrogen-bond donors (Lipinski definition) is 1. The predicted molar refractivity (Wildman–Crippen MR) is 104 cm³/mol. The number of anilines is 2. The summed E-state index contributed by atoms with van der Waals surface area (Å²) in [6, 6.07) is 20.0. The third kappa shape index (κ3) is 3.19. The van der Waals surface area contributed by atoms with Gasteiger partial charge < -0.3 is 5.32 Å². The average Bonchev–Trinajstić information content (AvgIpc) is 3.06. The molecule has 0 unspecified atom stereocenters. The fourth-order valence-corrected chi connectivity index (χ4v) is 2.83. The van der Waals surface area contributed by atoms with Gasteiger partial charge in [0.2, 0.25) is 5.95 Å². The summed E-state index contributed by atoms with van der Waals surface area (Å²) in [6.07, 6.45) is 3.77. The number of aryl methyl sites for hydroxylation is 2. The summed E-state index contributed by atoms with van der Waals surface area (Å²) >= 11 is 0. The van der Waals surface area contributed by atoms with E-state index in [0.29, 0.717) is 5.95 Å². The van der Waals surface area contributed by atoms with Crippen LogP contribution in [0.5, 0.6) is 0 Å². The fraction of sp³-hybridized carbons (Fsp3) is 0.0952. The zero-order valence-corrected chi connectivity index (χ0v) is 14.7. The van der Waals surface area contributed by atoms with Crippen LogP contribution in [0, 0.1) is 13.8 Å². The topological polar surface area (TPSA) is 55.6 Å². The van der Waals surface area contributed by atoms with Crippen LogP contribution < -0.4 is 5.32 Å². The molecule has 0 radical (unpaired) electrons. The van der Waals surface area contributed by atoms with Crippen molar-refractivity contribution in [2.24, 2.45) is 0 Å². The molecule has 0 spiro atoms. The molecule has 0 fully saturated rings. The second-order valence-corrected chi connectivity index (χ2v) is 6.11. The van der Waals surface area contributed by atoms with Crippen molar-refractivity contribution < 1.29 is 0 Å². The summed E-state index contributed by atoms with van der Waals surface area (Å²) in [5.74, 6) is 0.573. The second-order valence-electron chi connectivity index (χ2n) is 6.11. The Hall–Kier alpha value is -3.47. The van der Waals surface area contributed by atoms with Crippen LogP contribution in [0.4, 0.5) is 11.6 Å². The lowest BCUT2D eigenvalue weighted by molar-refractivity contribution is 0.863. The number of nitrogens with zero attached hydrogens (tertiary/aromatic N) is 4. The van der Waals surface area contributed by atoms with Crippen LogP contribution in [0.15, 0.2) is 73.1 Å². The molecule has 0 saturated heterocycles. The third-order valence-corrected chi connectivity index (χ3v) is 4.24. The Morgan fingerprint density at radius 1 is 0.885 bits per heavy atom. The monoisotopic (exact) mass is 341 g/mol. The van der Waals surface area contributed by atoms with Gasteiger partial charge in [0.25, 0.3) is 0 Å². The molecule has 4 aromatic rings. The minimum absolute atomic E-state index is 0.573. The number of para-hydroxylation sites is 2. The van der Waals surface area contributed by atoms with Crippen molar-refractivity contribution in [2.45, 2.75) is 13.8 Å². The van der Waals surface area contributed by atoms with E-state index < -0.39 is 0 Å². The molecule has 0 aliphatic carbocycles. The molecule has 0 aliphatic heterocycles. The fourth-order valence-electron chi connectivity index (χ4n) is 2.83. The van der Waals surface area contributed by atoms with E-state index in [-0.39, 0.29) is 0 Å². The van der Waals surface area contributed by atoms with Gasteiger partial charge in [-0.25, -0.2) is 14.6 Å². The molecule has 2 aromatic heterocycles. The SMILES string of the molecule is Cc1ccccc1Nc1nccc(-c2cn(-c3ccccc3)nc2C)n1. The summed E-state index contributed by atoms with van der Waals surface area (Å²) < 4.78 is 1.88. The van der Waals surface area contributed by atoms with Gasteiger partial charge in [-0.2, -0.15) is 5.10 Å². The number of benzene rings is 2. The molecular formula is C21H19N5. The first-order valence-corrected chi connectivity index (χ1v) is 8.48. The maximum Gasteiger partial charge on any atom is 0.227 e. The molecule has 26 heavy (non-hydrogen) atoms. The molecule has 0 amide bonds. The van der Waals surface area contributed by atoms with Crippen molar-refractivity contribution in [1.29, 1.82) is 0 Å². The quantitative estimate of drug-likeness (QED) is 0.585. The van der Waals surface area contributed by atoms with Crippen molar-refractivity contribution in [3.8, 4) is 16.9 Å². The number of hydrogen-bond acceptors (Lipinski definition) is 4. The second kappa shape index (κ2) is 6.80. The Kier molecular flexibility index (Phi) is 4.19. The Morgan fingerprint density at radius 3 is 2.46 bits per heavy atom. The van der Waals surface area contributed by atoms with Crippen LogP contribution >= 0.6 is 0 Å². The maximum atomic E-state index is 4.67. The molecule has 1 N–H and O–H groups in total. The van der Waals surface area contributed by atoms with Gasteiger partial charge in [-0.3, -0.25) is 0 Å². The molecule has 0 atom stereocenters. The maximum absolute atomic E-state index is 4.67. The Balaban J connectivity index is 1.67. The smallest absolute Gasteiger partial charge is 0.227 e. The molecule has 2 heterocycles. The van der Waals surface area contributed by atoms with E-state index in [4.69, 9.17) is 0 Å². The summed E-state index contributed by atoms with van der Waals surface area (Å²) in [5.41, 5.74) is 5.93. The first kappa shape index (κ1) is 16.0. The average molecular weight is 341 g/mol. The first-order valence-electron chi connectivity index (χ1n) is 8.48. The van der Waals surface area contributed by atoms with Gasteiger partial charge in [-0.15, -0.1) is 0 Å². The number of rotatable bonds is 4. The van der Waals surface area contributed by atoms with Crippen molar-refractivity contribution in [2.75, 3.05) is 5.32 Å². The van der Waals surface area contributed by atoms with Crippen molar-refractivity contribution in [3.63, 3.8) is 0 Å². The van der Waals surface area contributed by atoms with E-state index in [9.17, 15) is 0 Å². The lowest BCUT2D eigenvalue weighted by atomic mass is 10.2. The molecule has 0 bridgehead atoms. The molecular weight excluding hydrogens is 322 g/mol. The number of nitrogens with one attached hydrogen (secondary N) is 1. The zero-order chi connectivity index (χ0) is 17.9. The molecule has 0 saturated carbocycles. The highest BCUT2D eigenvalue weighted by Crippen LogP contribution is 2.24. The highest BCUT2D eigenvalue weighted by Gasteiger charge is 2.11. The van der Waals surface area contributed by atoms with Crippen LogP contribution in [0.1, 0.15) is 11.3 Å². The summed E-state index contributed by atoms with van der Waals surface area (Å²) in [7, 11) is 0. The van der Waals surface area contributed by atoms with Crippen molar-refractivity contribution in [1.82, 2.24) is 19.7 Å². The van der Waals surface area contributed by atoms with Crippen LogP contribution in [0.3, 0.4) is 0 Å². The first-order chi connectivity index (χ1) is 12.7. The highest BCUT2D eigenvalue weighted by molar-refractivity contribution is 5.64. The zero-order valence-electron chi connectivity index (χ0n) is 14.7. The molecule has 4 rings (SSSR count). The Bertz CT molecular complexity index is 1040. The van der Waals surface area contributed by atoms with Crippen LogP contribution in [-0.4, -0.2) is 19.7 Å². The van der Waals surface area contributed by atoms with E-state index in [1.54, 1.807) is 6.20 Å². The largest absolute Gasteiger partial charge is 0.324 e. The van der Waals surface area contributed by atoms with E-state index >= 15 is 0 Å². The van der Waals surface area contributed by atoms with Crippen molar-refractivity contribution in [3.05, 3.63) is 84.3 Å². The Morgan fingerprint density at radius 2 is 1.65 bits per heavy atom. The molecule has 128 valence electrons. The predicted octanol–water partition coefficient (Wildman–Crippen LogP) is 4.69. The standard InChI is InChI=1S/C21H19N5/c1-15-8-6-7-11-19(15)23-21-22-13-12-20(24-21)18-14-26(25-16(18)2)17-9-4-3-5-10-17/h3-14H,1-2H3,(H,22,23,24). The van der Waals surface area contributed by atoms with Gasteiger partial charge in [0.1, 0.15) is 0 Å². The van der Waals surface area contributed by atoms with E-state index in [0.717, 1.165) is 33.9 Å².